The smallest absolute Gasteiger partial charge is 0.226 e. The van der Waals surface area contributed by atoms with Gasteiger partial charge in [0.2, 0.25) is 5.91 Å². The van der Waals surface area contributed by atoms with Gasteiger partial charge in [-0.2, -0.15) is 0 Å². The van der Waals surface area contributed by atoms with Gasteiger partial charge in [0, 0.05) is 4.88 Å². The fourth-order valence-corrected chi connectivity index (χ4v) is 2.65. The molecule has 1 aromatic heterocycles. The molecule has 0 aliphatic rings. The highest BCUT2D eigenvalue weighted by Crippen LogP contribution is 2.14. The van der Waals surface area contributed by atoms with E-state index in [0.717, 1.165) is 10.4 Å². The summed E-state index contributed by atoms with van der Waals surface area (Å²) in [5.41, 5.74) is 6.61. The van der Waals surface area contributed by atoms with Gasteiger partial charge in [0.25, 0.3) is 0 Å². The Hall–Kier alpha value is -1.72. The molecule has 1 atom stereocenters. The van der Waals surface area contributed by atoms with E-state index >= 15 is 0 Å². The number of carbonyl (C=O) groups is 1. The van der Waals surface area contributed by atoms with E-state index in [1.54, 1.807) is 11.3 Å². The first-order valence-electron chi connectivity index (χ1n) is 5.83. The molecule has 3 nitrogen and oxygen atoms in total. The number of nitrogens with one attached hydrogen (secondary N) is 1. The van der Waals surface area contributed by atoms with Crippen LogP contribution in [0.1, 0.15) is 16.5 Å². The van der Waals surface area contributed by atoms with Gasteiger partial charge in [0.05, 0.1) is 6.42 Å². The number of carbonyl (C=O) groups excluding carboxylic acids is 1. The number of thiophene rings is 1. The van der Waals surface area contributed by atoms with Gasteiger partial charge in [0.15, 0.2) is 0 Å². The fraction of sp³-hybridized carbons (Fsp3) is 0.143. The molecule has 1 heterocycles. The molecule has 19 heavy (non-hydrogen) atoms. The Balaban J connectivity index is 2.05. The van der Waals surface area contributed by atoms with Gasteiger partial charge in [-0.25, -0.2) is 0 Å². The van der Waals surface area contributed by atoms with Crippen molar-refractivity contribution in [2.24, 2.45) is 5.73 Å². The highest BCUT2D eigenvalue weighted by atomic mass is 32.1. The summed E-state index contributed by atoms with van der Waals surface area (Å²) in [6.07, 6.45) is 0.351. The minimum absolute atomic E-state index is 0.0795. The van der Waals surface area contributed by atoms with E-state index in [2.05, 4.69) is 5.32 Å². The molecule has 1 aromatic carbocycles. The molecule has 1 unspecified atom stereocenters. The predicted octanol–water partition coefficient (Wildman–Crippen LogP) is 2.43. The molecule has 2 aromatic rings. The van der Waals surface area contributed by atoms with Crippen LogP contribution < -0.4 is 11.1 Å². The molecule has 0 radical (unpaired) electrons. The maximum Gasteiger partial charge on any atom is 0.226 e. The van der Waals surface area contributed by atoms with Gasteiger partial charge in [-0.15, -0.1) is 11.3 Å². The second kappa shape index (κ2) is 6.45. The van der Waals surface area contributed by atoms with Crippen molar-refractivity contribution in [1.82, 2.24) is 5.32 Å². The number of hydrogen-bond acceptors (Lipinski definition) is 3. The van der Waals surface area contributed by atoms with Crippen LogP contribution in [0.4, 0.5) is 0 Å². The number of amides is 1. The van der Waals surface area contributed by atoms with Crippen molar-refractivity contribution < 1.29 is 4.79 Å². The number of rotatable bonds is 5. The monoisotopic (exact) mass is 290 g/mol. The topological polar surface area (TPSA) is 55.1 Å². The van der Waals surface area contributed by atoms with Gasteiger partial charge in [-0.1, -0.05) is 48.6 Å². The largest absolute Gasteiger partial charge is 0.391 e. The van der Waals surface area contributed by atoms with Crippen LogP contribution in [0.15, 0.2) is 47.8 Å². The Morgan fingerprint density at radius 1 is 1.26 bits per heavy atom. The van der Waals surface area contributed by atoms with Gasteiger partial charge < -0.3 is 11.1 Å². The number of hydrogen-bond donors (Lipinski definition) is 2. The average Bonchev–Trinajstić information content (AvgIpc) is 2.89. The van der Waals surface area contributed by atoms with Crippen LogP contribution in [-0.4, -0.2) is 10.9 Å². The molecule has 98 valence electrons. The molecule has 0 bridgehead atoms. The van der Waals surface area contributed by atoms with Crippen LogP contribution in [-0.2, 0) is 11.2 Å². The summed E-state index contributed by atoms with van der Waals surface area (Å²) in [6.45, 7) is 0. The van der Waals surface area contributed by atoms with E-state index in [0.29, 0.717) is 6.42 Å². The zero-order valence-electron chi connectivity index (χ0n) is 10.2. The highest BCUT2D eigenvalue weighted by molar-refractivity contribution is 7.80. The average molecular weight is 290 g/mol. The third kappa shape index (κ3) is 3.87. The van der Waals surface area contributed by atoms with E-state index in [9.17, 15) is 4.79 Å². The fourth-order valence-electron chi connectivity index (χ4n) is 1.75. The standard InChI is InChI=1S/C14H14N2OS2/c15-14(18)13(10-5-2-1-3-6-10)16-12(17)9-11-7-4-8-19-11/h1-8,13H,9H2,(H2,15,18)(H,16,17). The van der Waals surface area contributed by atoms with E-state index in [4.69, 9.17) is 18.0 Å². The highest BCUT2D eigenvalue weighted by Gasteiger charge is 2.17. The van der Waals surface area contributed by atoms with E-state index in [1.807, 2.05) is 47.8 Å². The van der Waals surface area contributed by atoms with Gasteiger partial charge in [-0.3, -0.25) is 4.79 Å². The van der Waals surface area contributed by atoms with Crippen LogP contribution in [0.2, 0.25) is 0 Å². The quantitative estimate of drug-likeness (QED) is 0.832. The van der Waals surface area contributed by atoms with Crippen molar-refractivity contribution >= 4 is 34.5 Å². The first-order chi connectivity index (χ1) is 9.16. The maximum atomic E-state index is 12.0. The Labute approximate surface area is 121 Å². The van der Waals surface area contributed by atoms with Crippen molar-refractivity contribution in [3.63, 3.8) is 0 Å². The minimum atomic E-state index is -0.413. The van der Waals surface area contributed by atoms with Crippen LogP contribution in [0.25, 0.3) is 0 Å². The molecule has 2 rings (SSSR count). The summed E-state index contributed by atoms with van der Waals surface area (Å²) in [4.78, 5) is 13.3. The molecule has 3 N–H and O–H groups in total. The summed E-state index contributed by atoms with van der Waals surface area (Å²) in [7, 11) is 0. The molecule has 0 spiro atoms. The number of thiocarbonyl (C=S) groups is 1. The van der Waals surface area contributed by atoms with Crippen molar-refractivity contribution in [3.05, 3.63) is 58.3 Å². The molecule has 0 aliphatic carbocycles. The third-order valence-corrected chi connectivity index (χ3v) is 3.75. The lowest BCUT2D eigenvalue weighted by Crippen LogP contribution is -2.37. The van der Waals surface area contributed by atoms with Crippen LogP contribution in [0.3, 0.4) is 0 Å². The van der Waals surface area contributed by atoms with E-state index in [-0.39, 0.29) is 10.9 Å². The lowest BCUT2D eigenvalue weighted by Gasteiger charge is -2.17. The van der Waals surface area contributed by atoms with Gasteiger partial charge >= 0.3 is 0 Å². The maximum absolute atomic E-state index is 12.0. The van der Waals surface area contributed by atoms with Crippen molar-refractivity contribution in [3.8, 4) is 0 Å². The summed E-state index contributed by atoms with van der Waals surface area (Å²) >= 11 is 6.59. The Morgan fingerprint density at radius 2 is 2.00 bits per heavy atom. The first-order valence-corrected chi connectivity index (χ1v) is 7.11. The molecule has 0 aliphatic heterocycles. The van der Waals surface area contributed by atoms with Crippen LogP contribution >= 0.6 is 23.6 Å². The normalized spacial score (nSPS) is 11.8. The van der Waals surface area contributed by atoms with Crippen molar-refractivity contribution in [1.29, 1.82) is 0 Å². The van der Waals surface area contributed by atoms with Crippen LogP contribution in [0, 0.1) is 0 Å². The van der Waals surface area contributed by atoms with Crippen molar-refractivity contribution in [2.45, 2.75) is 12.5 Å². The Kier molecular flexibility index (Phi) is 4.65. The molecular formula is C14H14N2OS2. The molecule has 1 amide bonds. The summed E-state index contributed by atoms with van der Waals surface area (Å²) in [5, 5.41) is 4.82. The molecular weight excluding hydrogens is 276 g/mol. The summed E-state index contributed by atoms with van der Waals surface area (Å²) < 4.78 is 0. The number of benzene rings is 1. The third-order valence-electron chi connectivity index (χ3n) is 2.64. The zero-order valence-corrected chi connectivity index (χ0v) is 11.8. The van der Waals surface area contributed by atoms with Gasteiger partial charge in [0.1, 0.15) is 11.0 Å². The number of nitrogens with two attached hydrogens (primary N) is 1. The Bertz CT molecular complexity index is 552. The second-order valence-corrected chi connectivity index (χ2v) is 5.57. The SMILES string of the molecule is NC(=S)C(NC(=O)Cc1cccs1)c1ccccc1. The minimum Gasteiger partial charge on any atom is -0.391 e. The van der Waals surface area contributed by atoms with Gasteiger partial charge in [-0.05, 0) is 17.0 Å². The lowest BCUT2D eigenvalue weighted by atomic mass is 10.1. The summed E-state index contributed by atoms with van der Waals surface area (Å²) in [6, 6.07) is 12.9. The van der Waals surface area contributed by atoms with Crippen LogP contribution in [0.5, 0.6) is 0 Å². The zero-order chi connectivity index (χ0) is 13.7. The first kappa shape index (κ1) is 13.7. The molecule has 0 fully saturated rings. The van der Waals surface area contributed by atoms with Crippen molar-refractivity contribution in [2.75, 3.05) is 0 Å². The lowest BCUT2D eigenvalue weighted by molar-refractivity contribution is -0.120. The van der Waals surface area contributed by atoms with E-state index in [1.165, 1.54) is 0 Å². The predicted molar refractivity (Wildman–Crippen MR) is 82.1 cm³/mol. The Morgan fingerprint density at radius 3 is 2.58 bits per heavy atom. The molecule has 0 saturated heterocycles. The molecule has 5 heteroatoms. The molecule has 0 saturated carbocycles. The summed E-state index contributed by atoms with van der Waals surface area (Å²) in [5.74, 6) is -0.0795. The second-order valence-electron chi connectivity index (χ2n) is 4.07. The van der Waals surface area contributed by atoms with E-state index < -0.39 is 6.04 Å².